The molecule has 48 heavy (non-hydrogen) atoms. The lowest BCUT2D eigenvalue weighted by Gasteiger charge is -2.11. The smallest absolute Gasteiger partial charge is 0.164 e. The molecule has 1 heterocycles. The topological polar surface area (TPSA) is 38.7 Å². The van der Waals surface area contributed by atoms with E-state index in [4.69, 9.17) is 15.0 Å². The normalized spacial score (nSPS) is 11.3. The third-order valence-electron chi connectivity index (χ3n) is 9.07. The van der Waals surface area contributed by atoms with E-state index in [1.165, 1.54) is 38.4 Å². The molecular weight excluding hydrogens is 583 g/mol. The van der Waals surface area contributed by atoms with Gasteiger partial charge in [0.2, 0.25) is 0 Å². The molecule has 0 saturated heterocycles. The molecular formula is C45H29N3. The summed E-state index contributed by atoms with van der Waals surface area (Å²) in [5, 5.41) is 6.98. The van der Waals surface area contributed by atoms with Gasteiger partial charge in [-0.3, -0.25) is 0 Å². The zero-order valence-electron chi connectivity index (χ0n) is 26.1. The van der Waals surface area contributed by atoms with Crippen molar-refractivity contribution in [3.05, 3.63) is 176 Å². The van der Waals surface area contributed by atoms with Gasteiger partial charge in [0.15, 0.2) is 17.5 Å². The molecule has 0 radical (unpaired) electrons. The summed E-state index contributed by atoms with van der Waals surface area (Å²) in [5.74, 6) is 1.96. The molecule has 0 atom stereocenters. The summed E-state index contributed by atoms with van der Waals surface area (Å²) in [5.41, 5.74) is 7.69. The zero-order chi connectivity index (χ0) is 31.9. The zero-order valence-corrected chi connectivity index (χ0v) is 26.1. The fourth-order valence-corrected chi connectivity index (χ4v) is 6.47. The highest BCUT2D eigenvalue weighted by atomic mass is 15.0. The van der Waals surface area contributed by atoms with Crippen LogP contribution in [0.1, 0.15) is 0 Å². The Morgan fingerprint density at radius 3 is 0.979 bits per heavy atom. The van der Waals surface area contributed by atoms with Gasteiger partial charge in [-0.25, -0.2) is 15.0 Å². The van der Waals surface area contributed by atoms with Crippen LogP contribution in [0.3, 0.4) is 0 Å². The van der Waals surface area contributed by atoms with E-state index < -0.39 is 0 Å². The number of hydrogen-bond acceptors (Lipinski definition) is 3. The van der Waals surface area contributed by atoms with Gasteiger partial charge in [0.05, 0.1) is 0 Å². The number of fused-ring (bicyclic) bond motifs is 3. The van der Waals surface area contributed by atoms with Crippen LogP contribution in [0.4, 0.5) is 0 Å². The predicted octanol–water partition coefficient (Wildman–Crippen LogP) is 11.7. The van der Waals surface area contributed by atoms with Gasteiger partial charge >= 0.3 is 0 Å². The lowest BCUT2D eigenvalue weighted by molar-refractivity contribution is 1.08. The Bertz CT molecular complexity index is 2510. The summed E-state index contributed by atoms with van der Waals surface area (Å²) in [6.07, 6.45) is 0. The Hall–Kier alpha value is -6.45. The predicted molar refractivity (Wildman–Crippen MR) is 200 cm³/mol. The molecule has 0 bridgehead atoms. The highest BCUT2D eigenvalue weighted by Crippen LogP contribution is 2.32. The molecule has 8 aromatic carbocycles. The highest BCUT2D eigenvalue weighted by Gasteiger charge is 2.14. The van der Waals surface area contributed by atoms with E-state index in [9.17, 15) is 0 Å². The molecule has 0 aliphatic rings. The number of aromatic nitrogens is 3. The van der Waals surface area contributed by atoms with Crippen molar-refractivity contribution in [3.8, 4) is 56.4 Å². The van der Waals surface area contributed by atoms with Crippen molar-refractivity contribution in [1.82, 2.24) is 15.0 Å². The first-order chi connectivity index (χ1) is 23.7. The van der Waals surface area contributed by atoms with E-state index in [0.717, 1.165) is 32.8 Å². The van der Waals surface area contributed by atoms with Crippen LogP contribution in [0.2, 0.25) is 0 Å². The van der Waals surface area contributed by atoms with Crippen molar-refractivity contribution < 1.29 is 0 Å². The Balaban J connectivity index is 1.12. The molecule has 0 aliphatic carbocycles. The van der Waals surface area contributed by atoms with Crippen LogP contribution in [0.25, 0.3) is 88.7 Å². The SMILES string of the molecule is c1ccc(-c2ccc(-c3ccc4cc(-c5nc(-c6ccc7ccccc7c6)nc(-c6ccc7ccccc7c6)n5)ccc4c3)cc2)cc1. The average Bonchev–Trinajstić information content (AvgIpc) is 3.17. The first-order valence-corrected chi connectivity index (χ1v) is 16.2. The first-order valence-electron chi connectivity index (χ1n) is 16.2. The largest absolute Gasteiger partial charge is 0.208 e. The van der Waals surface area contributed by atoms with Crippen LogP contribution in [0.15, 0.2) is 176 Å². The quantitative estimate of drug-likeness (QED) is 0.194. The summed E-state index contributed by atoms with van der Waals surface area (Å²) < 4.78 is 0. The van der Waals surface area contributed by atoms with Crippen LogP contribution >= 0.6 is 0 Å². The van der Waals surface area contributed by atoms with Crippen molar-refractivity contribution in [2.24, 2.45) is 0 Å². The fourth-order valence-electron chi connectivity index (χ4n) is 6.47. The molecule has 1 aromatic heterocycles. The Morgan fingerprint density at radius 2 is 0.500 bits per heavy atom. The van der Waals surface area contributed by atoms with Crippen LogP contribution in [-0.2, 0) is 0 Å². The highest BCUT2D eigenvalue weighted by molar-refractivity contribution is 5.91. The minimum Gasteiger partial charge on any atom is -0.208 e. The molecule has 9 rings (SSSR count). The second kappa shape index (κ2) is 11.7. The summed E-state index contributed by atoms with van der Waals surface area (Å²) in [7, 11) is 0. The van der Waals surface area contributed by atoms with Crippen molar-refractivity contribution in [1.29, 1.82) is 0 Å². The summed E-state index contributed by atoms with van der Waals surface area (Å²) in [6, 6.07) is 61.9. The summed E-state index contributed by atoms with van der Waals surface area (Å²) in [6.45, 7) is 0. The second-order valence-corrected chi connectivity index (χ2v) is 12.2. The van der Waals surface area contributed by atoms with Gasteiger partial charge < -0.3 is 0 Å². The van der Waals surface area contributed by atoms with Crippen molar-refractivity contribution >= 4 is 32.3 Å². The third-order valence-corrected chi connectivity index (χ3v) is 9.07. The molecule has 3 heteroatoms. The molecule has 0 N–H and O–H groups in total. The lowest BCUT2D eigenvalue weighted by atomic mass is 9.97. The van der Waals surface area contributed by atoms with E-state index in [1.54, 1.807) is 0 Å². The van der Waals surface area contributed by atoms with Gasteiger partial charge in [-0.1, -0.05) is 152 Å². The second-order valence-electron chi connectivity index (χ2n) is 12.2. The monoisotopic (exact) mass is 611 g/mol. The van der Waals surface area contributed by atoms with Gasteiger partial charge in [0, 0.05) is 16.7 Å². The molecule has 0 unspecified atom stereocenters. The van der Waals surface area contributed by atoms with E-state index >= 15 is 0 Å². The van der Waals surface area contributed by atoms with Gasteiger partial charge in [0.1, 0.15) is 0 Å². The molecule has 0 amide bonds. The maximum Gasteiger partial charge on any atom is 0.164 e. The molecule has 0 aliphatic heterocycles. The summed E-state index contributed by atoms with van der Waals surface area (Å²) >= 11 is 0. The lowest BCUT2D eigenvalue weighted by Crippen LogP contribution is -2.00. The molecule has 224 valence electrons. The Labute approximate surface area is 278 Å². The number of benzene rings is 8. The maximum atomic E-state index is 5.05. The van der Waals surface area contributed by atoms with Crippen LogP contribution < -0.4 is 0 Å². The maximum absolute atomic E-state index is 5.05. The minimum atomic E-state index is 0.652. The molecule has 0 spiro atoms. The van der Waals surface area contributed by atoms with Gasteiger partial charge in [-0.15, -0.1) is 0 Å². The van der Waals surface area contributed by atoms with Gasteiger partial charge in [-0.2, -0.15) is 0 Å². The average molecular weight is 612 g/mol. The standard InChI is InChI=1S/C45H29N3/c1-2-8-30(9-3-1)33-14-16-34(17-15-33)37-20-21-39-29-42(25-22-38(39)26-37)45-47-43(40-23-18-31-10-4-6-12-35(31)27-40)46-44(48-45)41-24-19-32-11-5-7-13-36(32)28-41/h1-29H. The fraction of sp³-hybridized carbons (Fsp3) is 0. The number of nitrogens with zero attached hydrogens (tertiary/aromatic N) is 3. The number of rotatable bonds is 5. The van der Waals surface area contributed by atoms with Crippen LogP contribution in [0, 0.1) is 0 Å². The summed E-state index contributed by atoms with van der Waals surface area (Å²) in [4.78, 5) is 15.1. The van der Waals surface area contributed by atoms with Crippen LogP contribution in [-0.4, -0.2) is 15.0 Å². The Kier molecular flexibility index (Phi) is 6.80. The minimum absolute atomic E-state index is 0.652. The molecule has 0 fully saturated rings. The Morgan fingerprint density at radius 1 is 0.208 bits per heavy atom. The third kappa shape index (κ3) is 5.28. The molecule has 3 nitrogen and oxygen atoms in total. The molecule has 9 aromatic rings. The first kappa shape index (κ1) is 27.8. The van der Waals surface area contributed by atoms with E-state index in [1.807, 2.05) is 6.07 Å². The van der Waals surface area contributed by atoms with Crippen molar-refractivity contribution in [2.75, 3.05) is 0 Å². The van der Waals surface area contributed by atoms with E-state index in [2.05, 4.69) is 170 Å². The van der Waals surface area contributed by atoms with E-state index in [-0.39, 0.29) is 0 Å². The van der Waals surface area contributed by atoms with Crippen LogP contribution in [0.5, 0.6) is 0 Å². The van der Waals surface area contributed by atoms with E-state index in [0.29, 0.717) is 17.5 Å². The number of hydrogen-bond donors (Lipinski definition) is 0. The van der Waals surface area contributed by atoms with Gasteiger partial charge in [-0.05, 0) is 78.8 Å². The molecule has 0 saturated carbocycles. The van der Waals surface area contributed by atoms with Gasteiger partial charge in [0.25, 0.3) is 0 Å². The van der Waals surface area contributed by atoms with Crippen molar-refractivity contribution in [2.45, 2.75) is 0 Å². The van der Waals surface area contributed by atoms with Crippen molar-refractivity contribution in [3.63, 3.8) is 0 Å².